The Balaban J connectivity index is 2.58. The molecule has 1 aliphatic rings. The van der Waals surface area contributed by atoms with Gasteiger partial charge in [-0.1, -0.05) is 20.8 Å². The average Bonchev–Trinajstić information content (AvgIpc) is 2.30. The number of nitrogens with zero attached hydrogens (tertiary/aromatic N) is 3. The van der Waals surface area contributed by atoms with Crippen molar-refractivity contribution in [1.29, 1.82) is 0 Å². The van der Waals surface area contributed by atoms with E-state index in [1.165, 1.54) is 0 Å². The number of hydrogen-bond donors (Lipinski definition) is 0. The first kappa shape index (κ1) is 11.1. The predicted octanol–water partition coefficient (Wildman–Crippen LogP) is 2.68. The number of hydrazone groups is 1. The molecule has 1 unspecified atom stereocenters. The summed E-state index contributed by atoms with van der Waals surface area (Å²) in [7, 11) is 0. The van der Waals surface area contributed by atoms with Gasteiger partial charge in [0.15, 0.2) is 0 Å². The smallest absolute Gasteiger partial charge is 0.128 e. The molecule has 0 radical (unpaired) electrons. The van der Waals surface area contributed by atoms with Crippen molar-refractivity contribution in [2.75, 3.05) is 6.54 Å². The lowest BCUT2D eigenvalue weighted by Gasteiger charge is -2.31. The SMILES string of the molecule is CCN1N=CN(I)C1CC(C)(C)C. The molecule has 4 heteroatoms. The standard InChI is InChI=1S/C9H18IN3/c1-5-13-8(6-9(2,3)4)12(10)7-11-13/h7-8H,5-6H2,1-4H3. The Morgan fingerprint density at radius 1 is 1.46 bits per heavy atom. The molecule has 0 aliphatic carbocycles. The molecule has 1 heterocycles. The lowest BCUT2D eigenvalue weighted by Crippen LogP contribution is -2.37. The van der Waals surface area contributed by atoms with Gasteiger partial charge in [-0.15, -0.1) is 0 Å². The van der Waals surface area contributed by atoms with Crippen LogP contribution in [0.2, 0.25) is 0 Å². The molecule has 1 atom stereocenters. The summed E-state index contributed by atoms with van der Waals surface area (Å²) in [4.78, 5) is 0. The van der Waals surface area contributed by atoms with Crippen LogP contribution in [0.15, 0.2) is 5.10 Å². The van der Waals surface area contributed by atoms with Crippen molar-refractivity contribution in [2.45, 2.75) is 40.3 Å². The number of hydrogen-bond acceptors (Lipinski definition) is 3. The lowest BCUT2D eigenvalue weighted by molar-refractivity contribution is 0.141. The highest BCUT2D eigenvalue weighted by Gasteiger charge is 2.29. The minimum atomic E-state index is 0.356. The monoisotopic (exact) mass is 295 g/mol. The van der Waals surface area contributed by atoms with E-state index in [0.29, 0.717) is 11.6 Å². The maximum absolute atomic E-state index is 4.33. The van der Waals surface area contributed by atoms with Crippen LogP contribution in [0.3, 0.4) is 0 Å². The van der Waals surface area contributed by atoms with Gasteiger partial charge in [0, 0.05) is 6.54 Å². The second-order valence-electron chi connectivity index (χ2n) is 4.58. The van der Waals surface area contributed by atoms with Crippen molar-refractivity contribution >= 4 is 29.2 Å². The lowest BCUT2D eigenvalue weighted by atomic mass is 9.90. The van der Waals surface area contributed by atoms with E-state index in [9.17, 15) is 0 Å². The van der Waals surface area contributed by atoms with Crippen LogP contribution >= 0.6 is 22.9 Å². The first-order valence-corrected chi connectivity index (χ1v) is 5.65. The minimum absolute atomic E-state index is 0.356. The molecule has 13 heavy (non-hydrogen) atoms. The van der Waals surface area contributed by atoms with Crippen molar-refractivity contribution in [2.24, 2.45) is 10.5 Å². The summed E-state index contributed by atoms with van der Waals surface area (Å²) in [5.74, 6) is 0. The molecule has 0 spiro atoms. The molecule has 0 N–H and O–H groups in total. The highest BCUT2D eigenvalue weighted by Crippen LogP contribution is 2.29. The zero-order chi connectivity index (χ0) is 10.1. The highest BCUT2D eigenvalue weighted by molar-refractivity contribution is 14.1. The first-order valence-electron chi connectivity index (χ1n) is 4.69. The third-order valence-corrected chi connectivity index (χ3v) is 2.95. The highest BCUT2D eigenvalue weighted by atomic mass is 127. The van der Waals surface area contributed by atoms with Gasteiger partial charge in [0.25, 0.3) is 0 Å². The molecule has 1 aliphatic heterocycles. The van der Waals surface area contributed by atoms with Crippen LogP contribution in [0, 0.1) is 5.41 Å². The van der Waals surface area contributed by atoms with E-state index in [0.717, 1.165) is 13.0 Å². The fraction of sp³-hybridized carbons (Fsp3) is 0.889. The summed E-state index contributed by atoms with van der Waals surface area (Å²) < 4.78 is 2.16. The van der Waals surface area contributed by atoms with E-state index >= 15 is 0 Å². The number of halogens is 1. The van der Waals surface area contributed by atoms with Crippen LogP contribution in [0.4, 0.5) is 0 Å². The molecular weight excluding hydrogens is 277 g/mol. The Hall–Kier alpha value is 0. The summed E-state index contributed by atoms with van der Waals surface area (Å²) >= 11 is 2.31. The van der Waals surface area contributed by atoms with Gasteiger partial charge < -0.3 is 0 Å². The summed E-state index contributed by atoms with van der Waals surface area (Å²) in [6.45, 7) is 9.93. The fourth-order valence-electron chi connectivity index (χ4n) is 1.43. The molecule has 0 bridgehead atoms. The number of rotatable bonds is 2. The van der Waals surface area contributed by atoms with Gasteiger partial charge in [0.1, 0.15) is 12.5 Å². The quantitative estimate of drug-likeness (QED) is 0.576. The van der Waals surface area contributed by atoms with Gasteiger partial charge in [-0.2, -0.15) is 5.10 Å². The van der Waals surface area contributed by atoms with Crippen LogP contribution in [0.5, 0.6) is 0 Å². The molecule has 0 saturated carbocycles. The minimum Gasteiger partial charge on any atom is -0.280 e. The second kappa shape index (κ2) is 4.02. The Morgan fingerprint density at radius 2 is 2.08 bits per heavy atom. The summed E-state index contributed by atoms with van der Waals surface area (Å²) in [5, 5.41) is 6.46. The van der Waals surface area contributed by atoms with Crippen LogP contribution < -0.4 is 0 Å². The van der Waals surface area contributed by atoms with Crippen LogP contribution in [0.1, 0.15) is 34.1 Å². The predicted molar refractivity (Wildman–Crippen MR) is 64.6 cm³/mol. The summed E-state index contributed by atoms with van der Waals surface area (Å²) in [5.41, 5.74) is 0.356. The summed E-state index contributed by atoms with van der Waals surface area (Å²) in [6, 6.07) is 0. The normalized spacial score (nSPS) is 23.0. The molecule has 0 aromatic heterocycles. The van der Waals surface area contributed by atoms with Gasteiger partial charge in [0.2, 0.25) is 0 Å². The molecule has 0 fully saturated rings. The maximum atomic E-state index is 4.33. The van der Waals surface area contributed by atoms with Crippen molar-refractivity contribution in [1.82, 2.24) is 8.12 Å². The van der Waals surface area contributed by atoms with E-state index in [4.69, 9.17) is 0 Å². The topological polar surface area (TPSA) is 18.8 Å². The van der Waals surface area contributed by atoms with Crippen molar-refractivity contribution < 1.29 is 0 Å². The van der Waals surface area contributed by atoms with E-state index in [2.05, 4.69) is 63.8 Å². The molecule has 76 valence electrons. The Bertz CT molecular complexity index is 198. The van der Waals surface area contributed by atoms with Gasteiger partial charge in [-0.3, -0.25) is 8.12 Å². The summed E-state index contributed by atoms with van der Waals surface area (Å²) in [6.07, 6.45) is 3.48. The maximum Gasteiger partial charge on any atom is 0.128 e. The molecule has 3 nitrogen and oxygen atoms in total. The molecule has 0 saturated heterocycles. The largest absolute Gasteiger partial charge is 0.280 e. The van der Waals surface area contributed by atoms with Crippen LogP contribution in [0.25, 0.3) is 0 Å². The van der Waals surface area contributed by atoms with E-state index in [1.54, 1.807) is 0 Å². The molecule has 0 amide bonds. The first-order chi connectivity index (χ1) is 5.94. The Labute approximate surface area is 94.7 Å². The molecular formula is C9H18IN3. The van der Waals surface area contributed by atoms with E-state index in [1.807, 2.05) is 6.34 Å². The van der Waals surface area contributed by atoms with Crippen molar-refractivity contribution in [3.8, 4) is 0 Å². The molecule has 1 rings (SSSR count). The fourth-order valence-corrected chi connectivity index (χ4v) is 2.03. The third kappa shape index (κ3) is 3.00. The second-order valence-corrected chi connectivity index (χ2v) is 5.69. The van der Waals surface area contributed by atoms with Crippen molar-refractivity contribution in [3.05, 3.63) is 0 Å². The van der Waals surface area contributed by atoms with Gasteiger partial charge in [-0.05, 0) is 18.8 Å². The van der Waals surface area contributed by atoms with Crippen LogP contribution in [-0.4, -0.2) is 27.2 Å². The van der Waals surface area contributed by atoms with Gasteiger partial charge in [0.05, 0.1) is 22.9 Å². The third-order valence-electron chi connectivity index (χ3n) is 2.06. The Morgan fingerprint density at radius 3 is 2.54 bits per heavy atom. The Kier molecular flexibility index (Phi) is 3.43. The molecule has 0 aromatic rings. The average molecular weight is 295 g/mol. The van der Waals surface area contributed by atoms with Gasteiger partial charge in [-0.25, -0.2) is 0 Å². The van der Waals surface area contributed by atoms with Crippen molar-refractivity contribution in [3.63, 3.8) is 0 Å². The van der Waals surface area contributed by atoms with Crippen LogP contribution in [-0.2, 0) is 0 Å². The van der Waals surface area contributed by atoms with E-state index < -0.39 is 0 Å². The van der Waals surface area contributed by atoms with E-state index in [-0.39, 0.29) is 0 Å². The zero-order valence-electron chi connectivity index (χ0n) is 8.79. The van der Waals surface area contributed by atoms with Gasteiger partial charge >= 0.3 is 0 Å². The zero-order valence-corrected chi connectivity index (χ0v) is 10.9. The molecule has 0 aromatic carbocycles.